The number of hydrogen-bond donors (Lipinski definition) is 0. The molecule has 0 radical (unpaired) electrons. The van der Waals surface area contributed by atoms with Gasteiger partial charge in [-0.25, -0.2) is 0 Å². The van der Waals surface area contributed by atoms with Crippen molar-refractivity contribution in [2.24, 2.45) is 0 Å². The third kappa shape index (κ3) is 2.58. The fourth-order valence-electron chi connectivity index (χ4n) is 2.19. The first-order valence-electron chi connectivity index (χ1n) is 6.52. The molecule has 0 saturated heterocycles. The third-order valence-electron chi connectivity index (χ3n) is 3.24. The molecule has 0 amide bonds. The Hall–Kier alpha value is -3.39. The quantitative estimate of drug-likeness (QED) is 0.528. The Labute approximate surface area is 126 Å². The highest BCUT2D eigenvalue weighted by atomic mass is 16.6. The SMILES string of the molecule is N#Cc1cc(Oc2ccc3ccccc3c2)ccc1[N+](=O)[O-]. The number of nitro groups is 1. The minimum absolute atomic E-state index is 0.0247. The molecule has 0 atom stereocenters. The van der Waals surface area contributed by atoms with E-state index in [1.165, 1.54) is 18.2 Å². The van der Waals surface area contributed by atoms with Crippen LogP contribution in [0.5, 0.6) is 11.5 Å². The molecule has 0 aliphatic rings. The molecule has 0 saturated carbocycles. The van der Waals surface area contributed by atoms with Crippen LogP contribution in [0, 0.1) is 21.4 Å². The first-order chi connectivity index (χ1) is 10.7. The van der Waals surface area contributed by atoms with E-state index in [4.69, 9.17) is 10.00 Å². The van der Waals surface area contributed by atoms with E-state index in [0.29, 0.717) is 11.5 Å². The Bertz CT molecular complexity index is 913. The standard InChI is InChI=1S/C17H10N2O3/c18-11-14-10-16(7-8-17(14)19(20)21)22-15-6-5-12-3-1-2-4-13(12)9-15/h1-10H. The van der Waals surface area contributed by atoms with Gasteiger partial charge in [0.1, 0.15) is 23.1 Å². The summed E-state index contributed by atoms with van der Waals surface area (Å²) in [6.07, 6.45) is 0. The summed E-state index contributed by atoms with van der Waals surface area (Å²) in [5, 5.41) is 21.9. The third-order valence-corrected chi connectivity index (χ3v) is 3.24. The van der Waals surface area contributed by atoms with Crippen LogP contribution in [-0.4, -0.2) is 4.92 Å². The van der Waals surface area contributed by atoms with Crippen LogP contribution in [0.2, 0.25) is 0 Å². The largest absolute Gasteiger partial charge is 0.457 e. The lowest BCUT2D eigenvalue weighted by atomic mass is 10.1. The molecule has 5 nitrogen and oxygen atoms in total. The molecular weight excluding hydrogens is 280 g/mol. The molecule has 0 aliphatic heterocycles. The van der Waals surface area contributed by atoms with Crippen molar-refractivity contribution in [2.45, 2.75) is 0 Å². The topological polar surface area (TPSA) is 76.2 Å². The predicted octanol–water partition coefficient (Wildman–Crippen LogP) is 4.41. The summed E-state index contributed by atoms with van der Waals surface area (Å²) in [5.74, 6) is 0.994. The van der Waals surface area contributed by atoms with Crippen LogP contribution in [0.25, 0.3) is 10.8 Å². The summed E-state index contributed by atoms with van der Waals surface area (Å²) in [5.41, 5.74) is -0.253. The number of hydrogen-bond acceptors (Lipinski definition) is 4. The van der Waals surface area contributed by atoms with E-state index in [9.17, 15) is 10.1 Å². The van der Waals surface area contributed by atoms with Gasteiger partial charge in [0, 0.05) is 12.1 Å². The summed E-state index contributed by atoms with van der Waals surface area (Å²) in [4.78, 5) is 10.2. The summed E-state index contributed by atoms with van der Waals surface area (Å²) < 4.78 is 5.69. The Balaban J connectivity index is 1.94. The summed E-state index contributed by atoms with van der Waals surface area (Å²) in [6, 6.07) is 19.4. The maximum atomic E-state index is 10.8. The van der Waals surface area contributed by atoms with Crippen LogP contribution >= 0.6 is 0 Å². The molecule has 0 aliphatic carbocycles. The monoisotopic (exact) mass is 290 g/mol. The smallest absolute Gasteiger partial charge is 0.287 e. The van der Waals surface area contributed by atoms with E-state index >= 15 is 0 Å². The number of nitrogens with zero attached hydrogens (tertiary/aromatic N) is 2. The molecule has 106 valence electrons. The maximum Gasteiger partial charge on any atom is 0.287 e. The molecule has 3 rings (SSSR count). The Morgan fingerprint density at radius 1 is 0.955 bits per heavy atom. The van der Waals surface area contributed by atoms with Crippen molar-refractivity contribution in [3.63, 3.8) is 0 Å². The van der Waals surface area contributed by atoms with Gasteiger partial charge in [0.25, 0.3) is 5.69 Å². The summed E-state index contributed by atoms with van der Waals surface area (Å²) in [7, 11) is 0. The lowest BCUT2D eigenvalue weighted by Gasteiger charge is -2.07. The number of ether oxygens (including phenoxy) is 1. The average molecular weight is 290 g/mol. The van der Waals surface area contributed by atoms with E-state index in [1.807, 2.05) is 48.5 Å². The average Bonchev–Trinajstić information content (AvgIpc) is 2.54. The minimum Gasteiger partial charge on any atom is -0.457 e. The van der Waals surface area contributed by atoms with E-state index in [2.05, 4.69) is 0 Å². The zero-order chi connectivity index (χ0) is 15.5. The maximum absolute atomic E-state index is 10.8. The number of benzene rings is 3. The normalized spacial score (nSPS) is 10.1. The second kappa shape index (κ2) is 5.54. The predicted molar refractivity (Wildman–Crippen MR) is 81.8 cm³/mol. The molecule has 0 heterocycles. The van der Waals surface area contributed by atoms with E-state index in [-0.39, 0.29) is 11.3 Å². The lowest BCUT2D eigenvalue weighted by molar-refractivity contribution is -0.385. The molecule has 0 fully saturated rings. The van der Waals surface area contributed by atoms with Crippen LogP contribution in [0.3, 0.4) is 0 Å². The van der Waals surface area contributed by atoms with Crippen molar-refractivity contribution in [2.75, 3.05) is 0 Å². The van der Waals surface area contributed by atoms with E-state index in [0.717, 1.165) is 10.8 Å². The van der Waals surface area contributed by atoms with Crippen molar-refractivity contribution in [1.82, 2.24) is 0 Å². The van der Waals surface area contributed by atoms with Gasteiger partial charge in [-0.05, 0) is 29.0 Å². The molecule has 0 N–H and O–H groups in total. The van der Waals surface area contributed by atoms with Crippen LogP contribution in [0.15, 0.2) is 60.7 Å². The van der Waals surface area contributed by atoms with Crippen molar-refractivity contribution >= 4 is 16.5 Å². The highest BCUT2D eigenvalue weighted by Crippen LogP contribution is 2.29. The van der Waals surface area contributed by atoms with E-state index < -0.39 is 4.92 Å². The van der Waals surface area contributed by atoms with Gasteiger partial charge in [0.2, 0.25) is 0 Å². The molecule has 3 aromatic rings. The molecular formula is C17H10N2O3. The molecule has 3 aromatic carbocycles. The van der Waals surface area contributed by atoms with Crippen molar-refractivity contribution in [3.8, 4) is 17.6 Å². The lowest BCUT2D eigenvalue weighted by Crippen LogP contribution is -1.93. The van der Waals surface area contributed by atoms with E-state index in [1.54, 1.807) is 0 Å². The Morgan fingerprint density at radius 3 is 2.36 bits per heavy atom. The van der Waals surface area contributed by atoms with Crippen molar-refractivity contribution < 1.29 is 9.66 Å². The van der Waals surface area contributed by atoms with Crippen LogP contribution in [0.1, 0.15) is 5.56 Å². The van der Waals surface area contributed by atoms with Gasteiger partial charge in [-0.15, -0.1) is 0 Å². The second-order valence-electron chi connectivity index (χ2n) is 4.66. The van der Waals surface area contributed by atoms with Gasteiger partial charge < -0.3 is 4.74 Å². The molecule has 0 unspecified atom stereocenters. The van der Waals surface area contributed by atoms with Crippen molar-refractivity contribution in [1.29, 1.82) is 5.26 Å². The fraction of sp³-hybridized carbons (Fsp3) is 0. The highest BCUT2D eigenvalue weighted by Gasteiger charge is 2.14. The minimum atomic E-state index is -0.585. The molecule has 0 spiro atoms. The molecule has 0 aromatic heterocycles. The number of fused-ring (bicyclic) bond motifs is 1. The molecule has 5 heteroatoms. The number of rotatable bonds is 3. The molecule has 0 bridgehead atoms. The zero-order valence-electron chi connectivity index (χ0n) is 11.4. The van der Waals surface area contributed by atoms with Crippen molar-refractivity contribution in [3.05, 3.63) is 76.3 Å². The fourth-order valence-corrected chi connectivity index (χ4v) is 2.19. The Kier molecular flexibility index (Phi) is 3.42. The van der Waals surface area contributed by atoms with Gasteiger partial charge in [-0.1, -0.05) is 30.3 Å². The highest BCUT2D eigenvalue weighted by molar-refractivity contribution is 5.83. The summed E-state index contributed by atoms with van der Waals surface area (Å²) >= 11 is 0. The van der Waals surface area contributed by atoms with Gasteiger partial charge in [0.15, 0.2) is 0 Å². The zero-order valence-corrected chi connectivity index (χ0v) is 11.4. The first-order valence-corrected chi connectivity index (χ1v) is 6.52. The first kappa shape index (κ1) is 13.6. The number of nitriles is 1. The van der Waals surface area contributed by atoms with Gasteiger partial charge in [-0.2, -0.15) is 5.26 Å². The van der Waals surface area contributed by atoms with Crippen LogP contribution in [0.4, 0.5) is 5.69 Å². The van der Waals surface area contributed by atoms with Gasteiger partial charge in [-0.3, -0.25) is 10.1 Å². The van der Waals surface area contributed by atoms with Gasteiger partial charge >= 0.3 is 0 Å². The second-order valence-corrected chi connectivity index (χ2v) is 4.66. The number of nitro benzene ring substituents is 1. The van der Waals surface area contributed by atoms with Crippen LogP contribution < -0.4 is 4.74 Å². The Morgan fingerprint density at radius 2 is 1.64 bits per heavy atom. The van der Waals surface area contributed by atoms with Gasteiger partial charge in [0.05, 0.1) is 4.92 Å². The summed E-state index contributed by atoms with van der Waals surface area (Å²) in [6.45, 7) is 0. The van der Waals surface area contributed by atoms with Crippen LogP contribution in [-0.2, 0) is 0 Å². The molecule has 22 heavy (non-hydrogen) atoms.